The third-order valence-corrected chi connectivity index (χ3v) is 3.73. The highest BCUT2D eigenvalue weighted by atomic mass is 35.5. The number of fused-ring (bicyclic) bond motifs is 1. The van der Waals surface area contributed by atoms with Gasteiger partial charge >= 0.3 is 5.97 Å². The van der Waals surface area contributed by atoms with E-state index < -0.39 is 5.97 Å². The molecule has 0 amide bonds. The van der Waals surface area contributed by atoms with Gasteiger partial charge in [0.05, 0.1) is 11.3 Å². The summed E-state index contributed by atoms with van der Waals surface area (Å²) >= 11 is 7.30. The van der Waals surface area contributed by atoms with Gasteiger partial charge in [0.2, 0.25) is 0 Å². The zero-order valence-corrected chi connectivity index (χ0v) is 11.8. The van der Waals surface area contributed by atoms with Crippen LogP contribution in [0.25, 0.3) is 4.96 Å². The van der Waals surface area contributed by atoms with Gasteiger partial charge in [0, 0.05) is 28.5 Å². The van der Waals surface area contributed by atoms with Crippen LogP contribution in [-0.2, 0) is 11.3 Å². The first-order chi connectivity index (χ1) is 9.63. The normalized spacial score (nSPS) is 10.8. The van der Waals surface area contributed by atoms with E-state index >= 15 is 0 Å². The minimum absolute atomic E-state index is 0.106. The van der Waals surface area contributed by atoms with Crippen LogP contribution in [0.4, 0.5) is 5.69 Å². The number of benzene rings is 1. The van der Waals surface area contributed by atoms with Crippen LogP contribution < -0.4 is 5.73 Å². The molecule has 5 nitrogen and oxygen atoms in total. The molecule has 0 fully saturated rings. The predicted octanol–water partition coefficient (Wildman–Crippen LogP) is 2.99. The fourth-order valence-corrected chi connectivity index (χ4v) is 2.68. The van der Waals surface area contributed by atoms with Crippen LogP contribution in [0.15, 0.2) is 36.0 Å². The van der Waals surface area contributed by atoms with Gasteiger partial charge in [-0.05, 0) is 18.2 Å². The molecule has 0 unspecified atom stereocenters. The number of rotatable bonds is 3. The van der Waals surface area contributed by atoms with Crippen LogP contribution >= 0.6 is 22.9 Å². The average molecular weight is 308 g/mol. The second-order valence-electron chi connectivity index (χ2n) is 4.13. The summed E-state index contributed by atoms with van der Waals surface area (Å²) < 4.78 is 7.08. The SMILES string of the molecule is Nc1cc(Cl)ccc1C(=O)OCc1cn2ccsc2n1. The Morgan fingerprint density at radius 2 is 2.35 bits per heavy atom. The second kappa shape index (κ2) is 5.15. The molecule has 0 bridgehead atoms. The number of anilines is 1. The Bertz CT molecular complexity index is 752. The van der Waals surface area contributed by atoms with E-state index in [1.54, 1.807) is 12.1 Å². The van der Waals surface area contributed by atoms with Gasteiger partial charge in [-0.3, -0.25) is 4.40 Å². The van der Waals surface area contributed by atoms with E-state index in [4.69, 9.17) is 22.1 Å². The van der Waals surface area contributed by atoms with Crippen LogP contribution in [-0.4, -0.2) is 15.4 Å². The number of ether oxygens (including phenoxy) is 1. The number of hydrogen-bond acceptors (Lipinski definition) is 5. The first-order valence-corrected chi connectivity index (χ1v) is 7.02. The molecule has 0 saturated heterocycles. The molecular formula is C13H10ClN3O2S. The zero-order chi connectivity index (χ0) is 14.1. The third-order valence-electron chi connectivity index (χ3n) is 2.73. The lowest BCUT2D eigenvalue weighted by Crippen LogP contribution is -2.08. The van der Waals surface area contributed by atoms with Crippen molar-refractivity contribution in [3.8, 4) is 0 Å². The number of nitrogen functional groups attached to an aromatic ring is 1. The maximum atomic E-state index is 11.9. The molecule has 3 rings (SSSR count). The number of hydrogen-bond donors (Lipinski definition) is 1. The minimum Gasteiger partial charge on any atom is -0.455 e. The average Bonchev–Trinajstić information content (AvgIpc) is 2.96. The number of carbonyl (C=O) groups excluding carboxylic acids is 1. The Hall–Kier alpha value is -2.05. The number of aromatic nitrogens is 2. The molecule has 0 aliphatic heterocycles. The van der Waals surface area contributed by atoms with E-state index in [1.165, 1.54) is 17.4 Å². The molecule has 102 valence electrons. The quantitative estimate of drug-likeness (QED) is 0.596. The highest BCUT2D eigenvalue weighted by molar-refractivity contribution is 7.15. The van der Waals surface area contributed by atoms with Gasteiger partial charge in [0.25, 0.3) is 0 Å². The Labute approximate surface area is 123 Å². The van der Waals surface area contributed by atoms with Crippen LogP contribution in [0.5, 0.6) is 0 Å². The maximum absolute atomic E-state index is 11.9. The van der Waals surface area contributed by atoms with Crippen molar-refractivity contribution in [2.75, 3.05) is 5.73 Å². The topological polar surface area (TPSA) is 69.6 Å². The number of halogens is 1. The fraction of sp³-hybridized carbons (Fsp3) is 0.0769. The van der Waals surface area contributed by atoms with Crippen molar-refractivity contribution >= 4 is 39.6 Å². The van der Waals surface area contributed by atoms with Crippen molar-refractivity contribution in [2.24, 2.45) is 0 Å². The van der Waals surface area contributed by atoms with Gasteiger partial charge in [-0.15, -0.1) is 11.3 Å². The number of thiazole rings is 1. The second-order valence-corrected chi connectivity index (χ2v) is 5.44. The highest BCUT2D eigenvalue weighted by Crippen LogP contribution is 2.19. The number of nitrogens with zero attached hydrogens (tertiary/aromatic N) is 2. The van der Waals surface area contributed by atoms with E-state index in [1.807, 2.05) is 22.2 Å². The Morgan fingerprint density at radius 3 is 3.10 bits per heavy atom. The van der Waals surface area contributed by atoms with Crippen LogP contribution in [0.2, 0.25) is 5.02 Å². The molecule has 2 aromatic heterocycles. The lowest BCUT2D eigenvalue weighted by molar-refractivity contribution is 0.0469. The standard InChI is InChI=1S/C13H10ClN3O2S/c14-8-1-2-10(11(15)5-8)12(18)19-7-9-6-17-3-4-20-13(17)16-9/h1-6H,7,15H2. The van der Waals surface area contributed by atoms with Gasteiger partial charge in [-0.25, -0.2) is 9.78 Å². The van der Waals surface area contributed by atoms with Crippen molar-refractivity contribution in [1.29, 1.82) is 0 Å². The van der Waals surface area contributed by atoms with Crippen molar-refractivity contribution in [2.45, 2.75) is 6.61 Å². The first-order valence-electron chi connectivity index (χ1n) is 5.77. The molecule has 0 saturated carbocycles. The molecular weight excluding hydrogens is 298 g/mol. The monoisotopic (exact) mass is 307 g/mol. The smallest absolute Gasteiger partial charge is 0.340 e. The molecule has 0 atom stereocenters. The van der Waals surface area contributed by atoms with Crippen molar-refractivity contribution in [1.82, 2.24) is 9.38 Å². The summed E-state index contributed by atoms with van der Waals surface area (Å²) in [5.74, 6) is -0.490. The van der Waals surface area contributed by atoms with Crippen molar-refractivity contribution < 1.29 is 9.53 Å². The molecule has 2 heterocycles. The summed E-state index contributed by atoms with van der Waals surface area (Å²) in [6, 6.07) is 4.66. The summed E-state index contributed by atoms with van der Waals surface area (Å²) in [4.78, 5) is 17.1. The van der Waals surface area contributed by atoms with E-state index in [-0.39, 0.29) is 6.61 Å². The van der Waals surface area contributed by atoms with E-state index in [2.05, 4.69) is 4.98 Å². The Morgan fingerprint density at radius 1 is 1.50 bits per heavy atom. The number of imidazole rings is 1. The maximum Gasteiger partial charge on any atom is 0.340 e. The van der Waals surface area contributed by atoms with Gasteiger partial charge < -0.3 is 10.5 Å². The summed E-state index contributed by atoms with van der Waals surface area (Å²) in [5, 5.41) is 2.42. The Balaban J connectivity index is 1.71. The molecule has 0 radical (unpaired) electrons. The molecule has 20 heavy (non-hydrogen) atoms. The van der Waals surface area contributed by atoms with Crippen LogP contribution in [0, 0.1) is 0 Å². The van der Waals surface area contributed by atoms with E-state index in [9.17, 15) is 4.79 Å². The first kappa shape index (κ1) is 13.0. The summed E-state index contributed by atoms with van der Waals surface area (Å²) in [6.45, 7) is 0.106. The minimum atomic E-state index is -0.490. The zero-order valence-electron chi connectivity index (χ0n) is 10.2. The number of esters is 1. The highest BCUT2D eigenvalue weighted by Gasteiger charge is 2.12. The summed E-state index contributed by atoms with van der Waals surface area (Å²) in [6.07, 6.45) is 3.72. The summed E-state index contributed by atoms with van der Waals surface area (Å²) in [5.41, 5.74) is 7.03. The molecule has 1 aromatic carbocycles. The van der Waals surface area contributed by atoms with Gasteiger partial charge in [0.1, 0.15) is 6.61 Å². The van der Waals surface area contributed by atoms with Crippen molar-refractivity contribution in [3.05, 3.63) is 52.3 Å². The van der Waals surface area contributed by atoms with Gasteiger partial charge in [-0.1, -0.05) is 11.6 Å². The fourth-order valence-electron chi connectivity index (χ4n) is 1.78. The van der Waals surface area contributed by atoms with E-state index in [0.717, 1.165) is 4.96 Å². The largest absolute Gasteiger partial charge is 0.455 e. The molecule has 0 aliphatic carbocycles. The Kier molecular flexibility index (Phi) is 3.33. The van der Waals surface area contributed by atoms with Gasteiger partial charge in [-0.2, -0.15) is 0 Å². The number of nitrogens with two attached hydrogens (primary N) is 1. The molecule has 3 aromatic rings. The van der Waals surface area contributed by atoms with E-state index in [0.29, 0.717) is 22.0 Å². The molecule has 0 aliphatic rings. The predicted molar refractivity (Wildman–Crippen MR) is 78.1 cm³/mol. The van der Waals surface area contributed by atoms with Crippen LogP contribution in [0.3, 0.4) is 0 Å². The lowest BCUT2D eigenvalue weighted by atomic mass is 10.2. The summed E-state index contributed by atoms with van der Waals surface area (Å²) in [7, 11) is 0. The molecule has 0 spiro atoms. The number of carbonyl (C=O) groups is 1. The van der Waals surface area contributed by atoms with Crippen LogP contribution in [0.1, 0.15) is 16.1 Å². The van der Waals surface area contributed by atoms with Gasteiger partial charge in [0.15, 0.2) is 4.96 Å². The van der Waals surface area contributed by atoms with Crippen molar-refractivity contribution in [3.63, 3.8) is 0 Å². The third kappa shape index (κ3) is 2.48. The molecule has 7 heteroatoms. The molecule has 2 N–H and O–H groups in total. The lowest BCUT2D eigenvalue weighted by Gasteiger charge is -2.05.